The standard InChI is InChI=1S/C64H42N4S2/c1-65-49-21-5-9-25-53(49)67(54-26-10-6-22-50(54)65)39-33-35-41-47(37-39)61(45-19-15-31-59-63(45)43-17-3-13-29-57(43)69-59)42-36-34-40(68-55-27-11-7-23-51(55)66(2)52-24-8-12-28-56(52)68)38-48(42)62(41)46-20-16-32-60-64(46)44-18-4-14-30-58(44)70-60/h3-38H,1-2H3. The van der Waals surface area contributed by atoms with Crippen molar-refractivity contribution in [2.45, 2.75) is 0 Å². The molecule has 0 saturated carbocycles. The van der Waals surface area contributed by atoms with Crippen LogP contribution < -0.4 is 19.6 Å². The second kappa shape index (κ2) is 15.0. The van der Waals surface area contributed by atoms with E-state index < -0.39 is 0 Å². The topological polar surface area (TPSA) is 13.0 Å². The van der Waals surface area contributed by atoms with Gasteiger partial charge in [0.2, 0.25) is 0 Å². The molecule has 0 spiro atoms. The largest absolute Gasteiger partial charge is 0.341 e. The maximum Gasteiger partial charge on any atom is 0.0699 e. The van der Waals surface area contributed by atoms with Gasteiger partial charge in [-0.05, 0) is 141 Å². The third-order valence-corrected chi connectivity index (χ3v) is 17.2. The first-order valence-electron chi connectivity index (χ1n) is 23.9. The lowest BCUT2D eigenvalue weighted by Crippen LogP contribution is -2.24. The molecule has 330 valence electrons. The van der Waals surface area contributed by atoms with E-state index >= 15 is 0 Å². The molecule has 2 aliphatic rings. The lowest BCUT2D eigenvalue weighted by atomic mass is 9.83. The number of benzene rings is 11. The third-order valence-electron chi connectivity index (χ3n) is 14.9. The van der Waals surface area contributed by atoms with Gasteiger partial charge in [-0.1, -0.05) is 121 Å². The molecule has 0 aliphatic carbocycles. The van der Waals surface area contributed by atoms with Crippen LogP contribution in [-0.4, -0.2) is 14.1 Å². The van der Waals surface area contributed by atoms with Gasteiger partial charge in [0, 0.05) is 65.8 Å². The molecule has 2 aromatic heterocycles. The van der Waals surface area contributed by atoms with Gasteiger partial charge in [-0.2, -0.15) is 0 Å². The Morgan fingerprint density at radius 2 is 0.600 bits per heavy atom. The first kappa shape index (κ1) is 39.6. The van der Waals surface area contributed by atoms with E-state index in [0.717, 1.165) is 34.1 Å². The highest BCUT2D eigenvalue weighted by Crippen LogP contribution is 2.56. The number of hydrogen-bond acceptors (Lipinski definition) is 6. The average molecular weight is 931 g/mol. The molecule has 0 radical (unpaired) electrons. The summed E-state index contributed by atoms with van der Waals surface area (Å²) in [5.41, 5.74) is 16.5. The van der Waals surface area contributed by atoms with Crippen LogP contribution in [0.4, 0.5) is 56.9 Å². The van der Waals surface area contributed by atoms with Crippen LogP contribution in [0.2, 0.25) is 0 Å². The molecule has 6 heteroatoms. The van der Waals surface area contributed by atoms with Crippen molar-refractivity contribution in [3.8, 4) is 22.3 Å². The van der Waals surface area contributed by atoms with Crippen molar-refractivity contribution < 1.29 is 0 Å². The normalized spacial score (nSPS) is 13.2. The Morgan fingerprint density at radius 1 is 0.271 bits per heavy atom. The van der Waals surface area contributed by atoms with Crippen molar-refractivity contribution in [1.29, 1.82) is 0 Å². The number of nitrogens with zero attached hydrogens (tertiary/aromatic N) is 4. The average Bonchev–Trinajstić information content (AvgIpc) is 4.00. The SMILES string of the molecule is CN1c2ccccc2N(c2ccc3c(-c4cccc5sc6ccccc6c45)c4cc(N5c6ccccc6N(C)c6ccccc65)ccc4c(-c4cccc5sc6ccccc6c45)c3c2)c2ccccc21. The van der Waals surface area contributed by atoms with Crippen LogP contribution in [0.5, 0.6) is 0 Å². The first-order valence-corrected chi connectivity index (χ1v) is 25.5. The van der Waals surface area contributed by atoms with Crippen LogP contribution in [0.25, 0.3) is 84.1 Å². The minimum atomic E-state index is 1.12. The van der Waals surface area contributed by atoms with E-state index in [1.54, 1.807) is 0 Å². The monoisotopic (exact) mass is 930 g/mol. The van der Waals surface area contributed by atoms with Crippen LogP contribution in [0.1, 0.15) is 0 Å². The van der Waals surface area contributed by atoms with Gasteiger partial charge in [-0.15, -0.1) is 22.7 Å². The van der Waals surface area contributed by atoms with E-state index in [1.165, 1.54) is 107 Å². The summed E-state index contributed by atoms with van der Waals surface area (Å²) in [5.74, 6) is 0. The molecule has 0 atom stereocenters. The summed E-state index contributed by atoms with van der Waals surface area (Å²) in [6.45, 7) is 0. The highest BCUT2D eigenvalue weighted by molar-refractivity contribution is 7.26. The number of fused-ring (bicyclic) bond motifs is 12. The third kappa shape index (κ3) is 5.57. The summed E-state index contributed by atoms with van der Waals surface area (Å²) in [5, 5.41) is 10.1. The molecule has 70 heavy (non-hydrogen) atoms. The van der Waals surface area contributed by atoms with Crippen molar-refractivity contribution >= 4 is 141 Å². The van der Waals surface area contributed by atoms with E-state index in [4.69, 9.17) is 0 Å². The van der Waals surface area contributed by atoms with Crippen molar-refractivity contribution in [2.24, 2.45) is 0 Å². The molecule has 0 unspecified atom stereocenters. The van der Waals surface area contributed by atoms with E-state index in [1.807, 2.05) is 22.7 Å². The van der Waals surface area contributed by atoms with Crippen LogP contribution in [-0.2, 0) is 0 Å². The number of para-hydroxylation sites is 8. The Balaban J connectivity index is 1.12. The summed E-state index contributed by atoms with van der Waals surface area (Å²) in [4.78, 5) is 9.58. The molecule has 13 aromatic rings. The lowest BCUT2D eigenvalue weighted by molar-refractivity contribution is 1.13. The highest BCUT2D eigenvalue weighted by Gasteiger charge is 2.31. The van der Waals surface area contributed by atoms with E-state index in [2.05, 4.69) is 252 Å². The van der Waals surface area contributed by atoms with Gasteiger partial charge >= 0.3 is 0 Å². The van der Waals surface area contributed by atoms with Crippen molar-refractivity contribution in [3.05, 3.63) is 218 Å². The maximum absolute atomic E-state index is 2.49. The predicted octanol–water partition coefficient (Wildman–Crippen LogP) is 19.2. The zero-order chi connectivity index (χ0) is 46.2. The minimum Gasteiger partial charge on any atom is -0.341 e. The number of rotatable bonds is 4. The van der Waals surface area contributed by atoms with Gasteiger partial charge in [0.1, 0.15) is 0 Å². The minimum absolute atomic E-state index is 1.12. The van der Waals surface area contributed by atoms with Crippen molar-refractivity contribution in [1.82, 2.24) is 0 Å². The molecule has 0 N–H and O–H groups in total. The predicted molar refractivity (Wildman–Crippen MR) is 304 cm³/mol. The molecule has 2 aliphatic heterocycles. The molecule has 4 heterocycles. The van der Waals surface area contributed by atoms with Gasteiger partial charge in [-0.3, -0.25) is 0 Å². The lowest BCUT2D eigenvalue weighted by Gasteiger charge is -2.39. The summed E-state index contributed by atoms with van der Waals surface area (Å²) in [6, 6.07) is 81.5. The molecule has 15 rings (SSSR count). The smallest absolute Gasteiger partial charge is 0.0699 e. The van der Waals surface area contributed by atoms with Crippen LogP contribution >= 0.6 is 22.7 Å². The summed E-state index contributed by atoms with van der Waals surface area (Å²) in [6.07, 6.45) is 0. The molecule has 4 nitrogen and oxygen atoms in total. The molecule has 0 bridgehead atoms. The van der Waals surface area contributed by atoms with Crippen molar-refractivity contribution in [2.75, 3.05) is 33.7 Å². The summed E-state index contributed by atoms with van der Waals surface area (Å²) < 4.78 is 5.18. The number of anilines is 10. The van der Waals surface area contributed by atoms with Gasteiger partial charge < -0.3 is 19.6 Å². The Kier molecular flexibility index (Phi) is 8.50. The van der Waals surface area contributed by atoms with Gasteiger partial charge in [0.15, 0.2) is 0 Å². The quantitative estimate of drug-likeness (QED) is 0.163. The van der Waals surface area contributed by atoms with Gasteiger partial charge in [0.05, 0.1) is 45.5 Å². The van der Waals surface area contributed by atoms with Crippen molar-refractivity contribution in [3.63, 3.8) is 0 Å². The second-order valence-corrected chi connectivity index (χ2v) is 20.7. The second-order valence-electron chi connectivity index (χ2n) is 18.5. The molecule has 0 amide bonds. The van der Waals surface area contributed by atoms with Crippen LogP contribution in [0.3, 0.4) is 0 Å². The summed E-state index contributed by atoms with van der Waals surface area (Å²) >= 11 is 3.76. The fourth-order valence-electron chi connectivity index (χ4n) is 11.9. The Morgan fingerprint density at radius 3 is 0.986 bits per heavy atom. The zero-order valence-corrected chi connectivity index (χ0v) is 40.0. The van der Waals surface area contributed by atoms with Crippen LogP contribution in [0, 0.1) is 0 Å². The fraction of sp³-hybridized carbons (Fsp3) is 0.0312. The Labute approximate surface area is 413 Å². The number of thiophene rings is 2. The molecular weight excluding hydrogens is 889 g/mol. The summed E-state index contributed by atoms with van der Waals surface area (Å²) in [7, 11) is 4.36. The highest BCUT2D eigenvalue weighted by atomic mass is 32.1. The van der Waals surface area contributed by atoms with Gasteiger partial charge in [-0.25, -0.2) is 0 Å². The Hall–Kier alpha value is -8.42. The molecular formula is C64H42N4S2. The van der Waals surface area contributed by atoms with E-state index in [-0.39, 0.29) is 0 Å². The van der Waals surface area contributed by atoms with Gasteiger partial charge in [0.25, 0.3) is 0 Å². The molecule has 11 aromatic carbocycles. The zero-order valence-electron chi connectivity index (χ0n) is 38.4. The van der Waals surface area contributed by atoms with Crippen LogP contribution in [0.15, 0.2) is 218 Å². The van der Waals surface area contributed by atoms with E-state index in [0.29, 0.717) is 0 Å². The molecule has 0 fully saturated rings. The van der Waals surface area contributed by atoms with E-state index in [9.17, 15) is 0 Å². The fourth-order valence-corrected chi connectivity index (χ4v) is 14.1. The first-order chi connectivity index (χ1) is 34.6. The maximum atomic E-state index is 2.49. The number of hydrogen-bond donors (Lipinski definition) is 0. The molecule has 0 saturated heterocycles. The Bertz CT molecular complexity index is 3960.